The zero-order chi connectivity index (χ0) is 11.9. The Morgan fingerprint density at radius 2 is 2.19 bits per heavy atom. The standard InChI is InChI=1S/C11H23NO3S/c1-2-3-8-16(13,14)9-6-12-10-11-5-4-7-15-11/h11-12H,2-10H2,1H3. The summed E-state index contributed by atoms with van der Waals surface area (Å²) < 4.78 is 28.5. The fourth-order valence-corrected chi connectivity index (χ4v) is 3.15. The molecule has 0 aliphatic carbocycles. The van der Waals surface area contributed by atoms with E-state index in [1.807, 2.05) is 6.92 Å². The number of rotatable bonds is 8. The molecule has 1 fully saturated rings. The van der Waals surface area contributed by atoms with Crippen LogP contribution in [0.15, 0.2) is 0 Å². The molecule has 1 saturated heterocycles. The van der Waals surface area contributed by atoms with Crippen molar-refractivity contribution >= 4 is 9.84 Å². The summed E-state index contributed by atoms with van der Waals surface area (Å²) in [6, 6.07) is 0. The highest BCUT2D eigenvalue weighted by molar-refractivity contribution is 7.91. The smallest absolute Gasteiger partial charge is 0.151 e. The van der Waals surface area contributed by atoms with Crippen molar-refractivity contribution < 1.29 is 13.2 Å². The lowest BCUT2D eigenvalue weighted by Crippen LogP contribution is -2.31. The highest BCUT2D eigenvalue weighted by Gasteiger charge is 2.15. The van der Waals surface area contributed by atoms with Crippen LogP contribution in [0.4, 0.5) is 0 Å². The van der Waals surface area contributed by atoms with E-state index < -0.39 is 9.84 Å². The van der Waals surface area contributed by atoms with Gasteiger partial charge in [-0.3, -0.25) is 0 Å². The number of sulfone groups is 1. The van der Waals surface area contributed by atoms with E-state index in [-0.39, 0.29) is 5.75 Å². The van der Waals surface area contributed by atoms with Gasteiger partial charge in [-0.2, -0.15) is 0 Å². The molecule has 1 aliphatic heterocycles. The van der Waals surface area contributed by atoms with Crippen LogP contribution < -0.4 is 5.32 Å². The maximum atomic E-state index is 11.5. The van der Waals surface area contributed by atoms with Crippen LogP contribution >= 0.6 is 0 Å². The maximum absolute atomic E-state index is 11.5. The van der Waals surface area contributed by atoms with Crippen LogP contribution in [-0.2, 0) is 14.6 Å². The SMILES string of the molecule is CCCCS(=O)(=O)CCNCC1CCCO1. The molecule has 1 rings (SSSR count). The molecule has 0 aromatic carbocycles. The van der Waals surface area contributed by atoms with Gasteiger partial charge in [-0.15, -0.1) is 0 Å². The highest BCUT2D eigenvalue weighted by atomic mass is 32.2. The molecule has 0 bridgehead atoms. The fraction of sp³-hybridized carbons (Fsp3) is 1.00. The van der Waals surface area contributed by atoms with Crippen molar-refractivity contribution in [3.8, 4) is 0 Å². The van der Waals surface area contributed by atoms with E-state index >= 15 is 0 Å². The molecule has 1 aliphatic rings. The molecule has 0 radical (unpaired) electrons. The first kappa shape index (κ1) is 13.9. The van der Waals surface area contributed by atoms with E-state index in [9.17, 15) is 8.42 Å². The van der Waals surface area contributed by atoms with Gasteiger partial charge >= 0.3 is 0 Å². The second kappa shape index (κ2) is 7.25. The minimum atomic E-state index is -2.84. The summed E-state index contributed by atoms with van der Waals surface area (Å²) in [6.07, 6.45) is 4.21. The van der Waals surface area contributed by atoms with Crippen molar-refractivity contribution in [2.24, 2.45) is 0 Å². The summed E-state index contributed by atoms with van der Waals surface area (Å²) in [5, 5.41) is 3.16. The van der Waals surface area contributed by atoms with E-state index in [1.165, 1.54) is 0 Å². The van der Waals surface area contributed by atoms with Crippen LogP contribution in [0.25, 0.3) is 0 Å². The Morgan fingerprint density at radius 1 is 1.38 bits per heavy atom. The summed E-state index contributed by atoms with van der Waals surface area (Å²) in [5.74, 6) is 0.574. The lowest BCUT2D eigenvalue weighted by atomic mass is 10.2. The van der Waals surface area contributed by atoms with Gasteiger partial charge in [0.1, 0.15) is 0 Å². The van der Waals surface area contributed by atoms with Gasteiger partial charge in [0.15, 0.2) is 9.84 Å². The van der Waals surface area contributed by atoms with Crippen molar-refractivity contribution in [2.45, 2.75) is 38.7 Å². The lowest BCUT2D eigenvalue weighted by molar-refractivity contribution is 0.110. The van der Waals surface area contributed by atoms with Crippen LogP contribution in [0, 0.1) is 0 Å². The molecule has 1 heterocycles. The van der Waals surface area contributed by atoms with Gasteiger partial charge in [0.25, 0.3) is 0 Å². The first-order valence-electron chi connectivity index (χ1n) is 6.17. The van der Waals surface area contributed by atoms with Crippen LogP contribution in [-0.4, -0.2) is 45.7 Å². The minimum absolute atomic E-state index is 0.250. The highest BCUT2D eigenvalue weighted by Crippen LogP contribution is 2.10. The van der Waals surface area contributed by atoms with Crippen LogP contribution in [0.2, 0.25) is 0 Å². The summed E-state index contributed by atoms with van der Waals surface area (Å²) in [4.78, 5) is 0. The molecule has 4 nitrogen and oxygen atoms in total. The summed E-state index contributed by atoms with van der Waals surface area (Å²) in [7, 11) is -2.84. The first-order valence-corrected chi connectivity index (χ1v) is 7.99. The third-order valence-corrected chi connectivity index (χ3v) is 4.53. The number of hydrogen-bond donors (Lipinski definition) is 1. The molecular weight excluding hydrogens is 226 g/mol. The Labute approximate surface area is 98.7 Å². The molecule has 1 N–H and O–H groups in total. The van der Waals surface area contributed by atoms with E-state index in [2.05, 4.69) is 5.32 Å². The third kappa shape index (κ3) is 5.82. The molecule has 0 aromatic heterocycles. The zero-order valence-electron chi connectivity index (χ0n) is 10.1. The van der Waals surface area contributed by atoms with E-state index in [0.717, 1.165) is 38.8 Å². The second-order valence-corrected chi connectivity index (χ2v) is 6.65. The zero-order valence-corrected chi connectivity index (χ0v) is 10.9. The largest absolute Gasteiger partial charge is 0.377 e. The van der Waals surface area contributed by atoms with Crippen LogP contribution in [0.3, 0.4) is 0 Å². The average molecular weight is 249 g/mol. The molecule has 16 heavy (non-hydrogen) atoms. The van der Waals surface area contributed by atoms with Crippen molar-refractivity contribution in [3.05, 3.63) is 0 Å². The lowest BCUT2D eigenvalue weighted by Gasteiger charge is -2.10. The molecule has 0 amide bonds. The Hall–Kier alpha value is -0.130. The van der Waals surface area contributed by atoms with Crippen molar-refractivity contribution in [3.63, 3.8) is 0 Å². The van der Waals surface area contributed by atoms with Crippen molar-refractivity contribution in [2.75, 3.05) is 31.2 Å². The molecule has 0 saturated carbocycles. The van der Waals surface area contributed by atoms with E-state index in [0.29, 0.717) is 18.4 Å². The van der Waals surface area contributed by atoms with Gasteiger partial charge in [-0.05, 0) is 19.3 Å². The average Bonchev–Trinajstić information content (AvgIpc) is 2.75. The molecule has 0 aromatic rings. The molecule has 96 valence electrons. The quantitative estimate of drug-likeness (QED) is 0.651. The number of hydrogen-bond acceptors (Lipinski definition) is 4. The van der Waals surface area contributed by atoms with Crippen molar-refractivity contribution in [1.82, 2.24) is 5.32 Å². The van der Waals surface area contributed by atoms with Gasteiger partial charge < -0.3 is 10.1 Å². The van der Waals surface area contributed by atoms with Crippen molar-refractivity contribution in [1.29, 1.82) is 0 Å². The Morgan fingerprint density at radius 3 is 2.81 bits per heavy atom. The molecule has 5 heteroatoms. The number of ether oxygens (including phenoxy) is 1. The number of nitrogens with one attached hydrogen (secondary N) is 1. The summed E-state index contributed by atoms with van der Waals surface area (Å²) >= 11 is 0. The van der Waals surface area contributed by atoms with Crippen LogP contribution in [0.5, 0.6) is 0 Å². The minimum Gasteiger partial charge on any atom is -0.377 e. The Balaban J connectivity index is 2.05. The molecular formula is C11H23NO3S. The van der Waals surface area contributed by atoms with Gasteiger partial charge in [0.05, 0.1) is 17.6 Å². The normalized spacial score (nSPS) is 21.4. The predicted molar refractivity (Wildman–Crippen MR) is 65.4 cm³/mol. The Kier molecular flexibility index (Phi) is 6.31. The molecule has 1 atom stereocenters. The monoisotopic (exact) mass is 249 g/mol. The molecule has 1 unspecified atom stereocenters. The van der Waals surface area contributed by atoms with Gasteiger partial charge in [0, 0.05) is 19.7 Å². The van der Waals surface area contributed by atoms with Crippen LogP contribution in [0.1, 0.15) is 32.6 Å². The first-order chi connectivity index (χ1) is 7.64. The second-order valence-electron chi connectivity index (χ2n) is 4.34. The fourth-order valence-electron chi connectivity index (χ4n) is 1.76. The predicted octanol–water partition coefficient (Wildman–Crippen LogP) is 0.970. The molecule has 0 spiro atoms. The van der Waals surface area contributed by atoms with Gasteiger partial charge in [-0.1, -0.05) is 13.3 Å². The Bertz CT molecular complexity index is 271. The topological polar surface area (TPSA) is 55.4 Å². The van der Waals surface area contributed by atoms with E-state index in [1.54, 1.807) is 0 Å². The number of unbranched alkanes of at least 4 members (excludes halogenated alkanes) is 1. The van der Waals surface area contributed by atoms with Gasteiger partial charge in [-0.25, -0.2) is 8.42 Å². The maximum Gasteiger partial charge on any atom is 0.151 e. The van der Waals surface area contributed by atoms with E-state index in [4.69, 9.17) is 4.74 Å². The third-order valence-electron chi connectivity index (χ3n) is 2.79. The summed E-state index contributed by atoms with van der Waals surface area (Å²) in [5.41, 5.74) is 0. The summed E-state index contributed by atoms with van der Waals surface area (Å²) in [6.45, 7) is 4.18. The van der Waals surface area contributed by atoms with Gasteiger partial charge in [0.2, 0.25) is 0 Å².